The van der Waals surface area contributed by atoms with Crippen LogP contribution in [-0.2, 0) is 65.4 Å². The highest BCUT2D eigenvalue weighted by atomic mass is 31.2. The van der Waals surface area contributed by atoms with E-state index in [1.54, 1.807) is 0 Å². The van der Waals surface area contributed by atoms with Gasteiger partial charge in [-0.25, -0.2) is 9.13 Å². The minimum Gasteiger partial charge on any atom is -0.462 e. The first-order chi connectivity index (χ1) is 44.2. The molecule has 0 aromatic rings. The van der Waals surface area contributed by atoms with Crippen LogP contribution in [0.5, 0.6) is 0 Å². The Morgan fingerprint density at radius 2 is 0.522 bits per heavy atom. The largest absolute Gasteiger partial charge is 0.472 e. The van der Waals surface area contributed by atoms with Crippen LogP contribution in [0.1, 0.15) is 364 Å². The van der Waals surface area contributed by atoms with Gasteiger partial charge in [0.1, 0.15) is 19.3 Å². The lowest BCUT2D eigenvalue weighted by atomic mass is 9.99. The van der Waals surface area contributed by atoms with E-state index in [1.165, 1.54) is 161 Å². The predicted octanol–water partition coefficient (Wildman–Crippen LogP) is 20.9. The number of hydrogen-bond acceptors (Lipinski definition) is 15. The van der Waals surface area contributed by atoms with Crippen molar-refractivity contribution in [1.82, 2.24) is 0 Å². The summed E-state index contributed by atoms with van der Waals surface area (Å²) in [5.41, 5.74) is 0. The van der Waals surface area contributed by atoms with Crippen LogP contribution in [0.25, 0.3) is 0 Å². The van der Waals surface area contributed by atoms with Crippen molar-refractivity contribution in [2.75, 3.05) is 39.6 Å². The quantitative estimate of drug-likeness (QED) is 0.0222. The third-order valence-electron chi connectivity index (χ3n) is 17.5. The summed E-state index contributed by atoms with van der Waals surface area (Å²) < 4.78 is 68.4. The predicted molar refractivity (Wildman–Crippen MR) is 372 cm³/mol. The summed E-state index contributed by atoms with van der Waals surface area (Å²) in [4.78, 5) is 72.7. The van der Waals surface area contributed by atoms with Gasteiger partial charge in [-0.3, -0.25) is 37.3 Å². The van der Waals surface area contributed by atoms with Crippen LogP contribution < -0.4 is 0 Å². The van der Waals surface area contributed by atoms with Gasteiger partial charge in [0, 0.05) is 25.7 Å². The van der Waals surface area contributed by atoms with Gasteiger partial charge in [0.2, 0.25) is 0 Å². The van der Waals surface area contributed by atoms with E-state index in [4.69, 9.17) is 37.0 Å². The number of hydrogen-bond donors (Lipinski definition) is 3. The Balaban J connectivity index is 5.24. The van der Waals surface area contributed by atoms with Crippen LogP contribution in [0.4, 0.5) is 0 Å². The summed E-state index contributed by atoms with van der Waals surface area (Å²) in [6.07, 6.45) is 45.8. The van der Waals surface area contributed by atoms with Crippen molar-refractivity contribution in [3.05, 3.63) is 0 Å². The first-order valence-electron chi connectivity index (χ1n) is 37.8. The highest BCUT2D eigenvalue weighted by Gasteiger charge is 2.30. The highest BCUT2D eigenvalue weighted by molar-refractivity contribution is 7.47. The lowest BCUT2D eigenvalue weighted by molar-refractivity contribution is -0.161. The van der Waals surface area contributed by atoms with Gasteiger partial charge in [-0.1, -0.05) is 312 Å². The summed E-state index contributed by atoms with van der Waals surface area (Å²) in [6, 6.07) is 0. The van der Waals surface area contributed by atoms with Crippen molar-refractivity contribution in [2.24, 2.45) is 23.7 Å². The molecule has 0 radical (unpaired) electrons. The maximum Gasteiger partial charge on any atom is 0.472 e. The van der Waals surface area contributed by atoms with Crippen LogP contribution in [-0.4, -0.2) is 96.7 Å². The van der Waals surface area contributed by atoms with Gasteiger partial charge in [-0.15, -0.1) is 0 Å². The summed E-state index contributed by atoms with van der Waals surface area (Å²) in [7, 11) is -9.91. The molecule has 546 valence electrons. The minimum absolute atomic E-state index is 0.104. The number of carbonyl (C=O) groups is 4. The standard InChI is InChI=1S/C73H142O17P2/c1-9-65(7)51-43-35-27-23-24-30-40-48-56-73(78)90-68(59-83-70(75)53-45-37-28-22-18-20-26-34-42-50-64(5)6)61-87-91(79,80)85-57-67(74)58-86-92(81,82)88-62-69(60-84-71(76)54-46-38-32-31-36-44-52-66(8)10-2)89-72(77)55-47-39-29-21-17-15-13-11-12-14-16-19-25-33-41-49-63(3)4/h63-69,74H,9-62H2,1-8H3,(H,79,80)(H,81,82)/t65?,66?,67-,68-,69-/m1/s1. The molecule has 19 heteroatoms. The molecule has 0 saturated heterocycles. The number of phosphoric acid groups is 2. The molecule has 0 aliphatic carbocycles. The van der Waals surface area contributed by atoms with Gasteiger partial charge < -0.3 is 33.8 Å². The van der Waals surface area contributed by atoms with E-state index in [0.29, 0.717) is 25.7 Å². The SMILES string of the molecule is CCC(C)CCCCCCCCCCC(=O)O[C@H](COC(=O)CCCCCCCCCCCC(C)C)COP(=O)(O)OC[C@@H](O)COP(=O)(O)OC[C@@H](COC(=O)CCCCCCCCC(C)CC)OC(=O)CCCCCCCCCCCCCCCCCC(C)C. The number of phosphoric ester groups is 2. The fraction of sp³-hybridized carbons (Fsp3) is 0.945. The molecule has 0 spiro atoms. The molecule has 17 nitrogen and oxygen atoms in total. The molecule has 0 amide bonds. The van der Waals surface area contributed by atoms with Crippen LogP contribution in [0.15, 0.2) is 0 Å². The van der Waals surface area contributed by atoms with Gasteiger partial charge >= 0.3 is 39.5 Å². The Morgan fingerprint density at radius 1 is 0.304 bits per heavy atom. The second-order valence-electron chi connectivity index (χ2n) is 27.8. The first kappa shape index (κ1) is 90.1. The van der Waals surface area contributed by atoms with Gasteiger partial charge in [0.15, 0.2) is 12.2 Å². The first-order valence-corrected chi connectivity index (χ1v) is 40.8. The number of aliphatic hydroxyl groups is 1. The Kier molecular flexibility index (Phi) is 61.3. The maximum atomic E-state index is 13.0. The summed E-state index contributed by atoms with van der Waals surface area (Å²) in [5.74, 6) is 0.919. The molecule has 0 saturated carbocycles. The molecule has 92 heavy (non-hydrogen) atoms. The fourth-order valence-electron chi connectivity index (χ4n) is 11.0. The van der Waals surface area contributed by atoms with E-state index in [0.717, 1.165) is 120 Å². The molecule has 3 N–H and O–H groups in total. The third-order valence-corrected chi connectivity index (χ3v) is 19.4. The van der Waals surface area contributed by atoms with E-state index in [9.17, 15) is 43.2 Å². The van der Waals surface area contributed by atoms with Crippen molar-refractivity contribution in [1.29, 1.82) is 0 Å². The number of unbranched alkanes of at least 4 members (excludes halogenated alkanes) is 34. The molecule has 0 aromatic heterocycles. The Morgan fingerprint density at radius 3 is 0.772 bits per heavy atom. The van der Waals surface area contributed by atoms with E-state index >= 15 is 0 Å². The number of aliphatic hydroxyl groups excluding tert-OH is 1. The average molecular weight is 1350 g/mol. The molecular weight excluding hydrogens is 1210 g/mol. The monoisotopic (exact) mass is 1350 g/mol. The molecule has 4 unspecified atom stereocenters. The van der Waals surface area contributed by atoms with Gasteiger partial charge in [0.25, 0.3) is 0 Å². The molecule has 0 aliphatic rings. The Bertz CT molecular complexity index is 1820. The molecule has 7 atom stereocenters. The lowest BCUT2D eigenvalue weighted by Gasteiger charge is -2.21. The Labute approximate surface area is 562 Å². The van der Waals surface area contributed by atoms with Crippen molar-refractivity contribution in [3.63, 3.8) is 0 Å². The number of esters is 4. The van der Waals surface area contributed by atoms with E-state index in [-0.39, 0.29) is 25.7 Å². The van der Waals surface area contributed by atoms with Crippen LogP contribution >= 0.6 is 15.6 Å². The minimum atomic E-state index is -4.95. The number of carbonyl (C=O) groups excluding carboxylic acids is 4. The van der Waals surface area contributed by atoms with Crippen molar-refractivity contribution in [2.45, 2.75) is 382 Å². The lowest BCUT2D eigenvalue weighted by Crippen LogP contribution is -2.30. The zero-order valence-electron chi connectivity index (χ0n) is 60.2. The summed E-state index contributed by atoms with van der Waals surface area (Å²) >= 11 is 0. The van der Waals surface area contributed by atoms with Gasteiger partial charge in [0.05, 0.1) is 26.4 Å². The zero-order valence-corrected chi connectivity index (χ0v) is 62.0. The Hall–Kier alpha value is -1.94. The average Bonchev–Trinajstić information content (AvgIpc) is 2.85. The molecule has 0 aromatic carbocycles. The second kappa shape index (κ2) is 62.6. The van der Waals surface area contributed by atoms with Crippen molar-refractivity contribution >= 4 is 39.5 Å². The highest BCUT2D eigenvalue weighted by Crippen LogP contribution is 2.45. The van der Waals surface area contributed by atoms with Crippen LogP contribution in [0.2, 0.25) is 0 Å². The zero-order chi connectivity index (χ0) is 68.2. The van der Waals surface area contributed by atoms with Crippen molar-refractivity contribution in [3.8, 4) is 0 Å². The van der Waals surface area contributed by atoms with Crippen LogP contribution in [0, 0.1) is 23.7 Å². The van der Waals surface area contributed by atoms with Gasteiger partial charge in [-0.05, 0) is 49.4 Å². The normalized spacial score (nSPS) is 14.8. The van der Waals surface area contributed by atoms with Crippen LogP contribution in [0.3, 0.4) is 0 Å². The van der Waals surface area contributed by atoms with E-state index in [2.05, 4.69) is 55.4 Å². The van der Waals surface area contributed by atoms with E-state index in [1.807, 2.05) is 0 Å². The number of ether oxygens (including phenoxy) is 4. The third kappa shape index (κ3) is 64.1. The second-order valence-corrected chi connectivity index (χ2v) is 30.7. The molecule has 0 heterocycles. The number of rotatable bonds is 70. The maximum absolute atomic E-state index is 13.0. The summed E-state index contributed by atoms with van der Waals surface area (Å²) in [5, 5.41) is 10.6. The molecule has 0 bridgehead atoms. The smallest absolute Gasteiger partial charge is 0.462 e. The molecule has 0 fully saturated rings. The van der Waals surface area contributed by atoms with E-state index < -0.39 is 97.5 Å². The van der Waals surface area contributed by atoms with Gasteiger partial charge in [-0.2, -0.15) is 0 Å². The molecule has 0 rings (SSSR count). The van der Waals surface area contributed by atoms with Crippen molar-refractivity contribution < 1.29 is 80.2 Å². The summed E-state index contributed by atoms with van der Waals surface area (Å²) in [6.45, 7) is 14.1. The topological polar surface area (TPSA) is 237 Å². The molecule has 0 aliphatic heterocycles. The molecular formula is C73H142O17P2. The fourth-order valence-corrected chi connectivity index (χ4v) is 12.5.